The number of halogens is 1. The average Bonchev–Trinajstić information content (AvgIpc) is 2.74. The van der Waals surface area contributed by atoms with E-state index >= 15 is 0 Å². The Morgan fingerprint density at radius 2 is 1.86 bits per heavy atom. The maximum Gasteiger partial charge on any atom is 0.196 e. The Bertz CT molecular complexity index is 995. The molecular formula is C23H23FN2O2. The minimum Gasteiger partial charge on any atom is -0.494 e. The maximum absolute atomic E-state index is 14.0. The molecule has 0 unspecified atom stereocenters. The number of hydrogen-bond donors (Lipinski definition) is 0. The molecule has 4 nitrogen and oxygen atoms in total. The Labute approximate surface area is 164 Å². The first kappa shape index (κ1) is 18.4. The molecule has 0 atom stereocenters. The molecule has 1 aliphatic heterocycles. The number of fused-ring (bicyclic) bond motifs is 1. The highest BCUT2D eigenvalue weighted by Crippen LogP contribution is 2.33. The first-order valence-electron chi connectivity index (χ1n) is 9.78. The molecule has 5 heteroatoms. The molecule has 0 spiro atoms. The zero-order chi connectivity index (χ0) is 19.5. The highest BCUT2D eigenvalue weighted by molar-refractivity contribution is 6.16. The topological polar surface area (TPSA) is 42.4 Å². The molecule has 1 saturated heterocycles. The molecule has 28 heavy (non-hydrogen) atoms. The SMILES string of the molecule is CCOc1ccc(C(=O)c2cnc3ccc(F)cc3c2N2CCCCC2)cc1. The van der Waals surface area contributed by atoms with E-state index in [4.69, 9.17) is 4.74 Å². The molecule has 3 aromatic rings. The van der Waals surface area contributed by atoms with Gasteiger partial charge in [0.1, 0.15) is 11.6 Å². The highest BCUT2D eigenvalue weighted by atomic mass is 19.1. The highest BCUT2D eigenvalue weighted by Gasteiger charge is 2.23. The summed E-state index contributed by atoms with van der Waals surface area (Å²) in [6, 6.07) is 11.7. The van der Waals surface area contributed by atoms with Crippen LogP contribution in [0.3, 0.4) is 0 Å². The van der Waals surface area contributed by atoms with Crippen LogP contribution in [-0.4, -0.2) is 30.5 Å². The number of pyridine rings is 1. The minimum absolute atomic E-state index is 0.109. The number of nitrogens with zero attached hydrogens (tertiary/aromatic N) is 2. The standard InChI is InChI=1S/C23H23FN2O2/c1-2-28-18-9-6-16(7-10-18)23(27)20-15-25-21-11-8-17(24)14-19(21)22(20)26-12-4-3-5-13-26/h6-11,14-15H,2-5,12-13H2,1H3. The number of carbonyl (C=O) groups excluding carboxylic acids is 1. The van der Waals surface area contributed by atoms with Crippen LogP contribution in [0.5, 0.6) is 5.75 Å². The van der Waals surface area contributed by atoms with Crippen molar-refractivity contribution in [2.75, 3.05) is 24.6 Å². The predicted molar refractivity (Wildman–Crippen MR) is 109 cm³/mol. The van der Waals surface area contributed by atoms with Crippen molar-refractivity contribution in [2.24, 2.45) is 0 Å². The number of benzene rings is 2. The van der Waals surface area contributed by atoms with Gasteiger partial charge >= 0.3 is 0 Å². The molecule has 2 heterocycles. The van der Waals surface area contributed by atoms with Gasteiger partial charge in [0.2, 0.25) is 0 Å². The summed E-state index contributed by atoms with van der Waals surface area (Å²) in [5, 5.41) is 0.693. The summed E-state index contributed by atoms with van der Waals surface area (Å²) in [6.45, 7) is 4.22. The van der Waals surface area contributed by atoms with Crippen molar-refractivity contribution in [3.8, 4) is 5.75 Å². The number of piperidine rings is 1. The van der Waals surface area contributed by atoms with Gasteiger partial charge in [-0.25, -0.2) is 4.39 Å². The molecule has 1 fully saturated rings. The van der Waals surface area contributed by atoms with E-state index in [1.807, 2.05) is 6.92 Å². The van der Waals surface area contributed by atoms with Gasteiger partial charge in [-0.05, 0) is 68.7 Å². The first-order chi connectivity index (χ1) is 13.7. The summed E-state index contributed by atoms with van der Waals surface area (Å²) >= 11 is 0. The Morgan fingerprint density at radius 3 is 2.57 bits per heavy atom. The fourth-order valence-electron chi connectivity index (χ4n) is 3.80. The molecule has 1 aromatic heterocycles. The lowest BCUT2D eigenvalue weighted by atomic mass is 9.98. The largest absolute Gasteiger partial charge is 0.494 e. The third-order valence-corrected chi connectivity index (χ3v) is 5.15. The Kier molecular flexibility index (Phi) is 5.24. The monoisotopic (exact) mass is 378 g/mol. The molecule has 0 saturated carbocycles. The molecule has 0 bridgehead atoms. The van der Waals surface area contributed by atoms with Crippen LogP contribution in [0.25, 0.3) is 10.9 Å². The van der Waals surface area contributed by atoms with Crippen LogP contribution >= 0.6 is 0 Å². The Hall–Kier alpha value is -2.95. The van der Waals surface area contributed by atoms with E-state index in [0.717, 1.165) is 37.4 Å². The third-order valence-electron chi connectivity index (χ3n) is 5.15. The lowest BCUT2D eigenvalue weighted by Crippen LogP contribution is -2.31. The first-order valence-corrected chi connectivity index (χ1v) is 9.78. The van der Waals surface area contributed by atoms with Crippen LogP contribution in [0.15, 0.2) is 48.7 Å². The summed E-state index contributed by atoms with van der Waals surface area (Å²) in [7, 11) is 0. The lowest BCUT2D eigenvalue weighted by molar-refractivity contribution is 0.103. The second kappa shape index (κ2) is 7.97. The summed E-state index contributed by atoms with van der Waals surface area (Å²) in [5.41, 5.74) is 2.58. The van der Waals surface area contributed by atoms with Gasteiger partial charge in [0.05, 0.1) is 23.4 Å². The van der Waals surface area contributed by atoms with Gasteiger partial charge in [0, 0.05) is 30.2 Å². The van der Waals surface area contributed by atoms with E-state index in [9.17, 15) is 9.18 Å². The number of ketones is 1. The number of aromatic nitrogens is 1. The van der Waals surface area contributed by atoms with Crippen LogP contribution in [0.4, 0.5) is 10.1 Å². The van der Waals surface area contributed by atoms with E-state index in [1.165, 1.54) is 18.6 Å². The van der Waals surface area contributed by atoms with E-state index in [2.05, 4.69) is 9.88 Å². The Balaban J connectivity index is 1.81. The molecule has 0 aliphatic carbocycles. The summed E-state index contributed by atoms with van der Waals surface area (Å²) < 4.78 is 19.5. The summed E-state index contributed by atoms with van der Waals surface area (Å²) in [4.78, 5) is 19.9. The maximum atomic E-state index is 14.0. The van der Waals surface area contributed by atoms with Crippen molar-refractivity contribution in [3.05, 3.63) is 65.6 Å². The summed E-state index contributed by atoms with van der Waals surface area (Å²) in [5.74, 6) is 0.300. The van der Waals surface area contributed by atoms with Gasteiger partial charge in [-0.2, -0.15) is 0 Å². The van der Waals surface area contributed by atoms with Crippen LogP contribution < -0.4 is 9.64 Å². The zero-order valence-electron chi connectivity index (χ0n) is 16.0. The van der Waals surface area contributed by atoms with E-state index < -0.39 is 0 Å². The van der Waals surface area contributed by atoms with Gasteiger partial charge < -0.3 is 9.64 Å². The van der Waals surface area contributed by atoms with Gasteiger partial charge in [0.15, 0.2) is 5.78 Å². The average molecular weight is 378 g/mol. The van der Waals surface area contributed by atoms with E-state index in [0.29, 0.717) is 28.6 Å². The van der Waals surface area contributed by atoms with Crippen LogP contribution in [0, 0.1) is 5.82 Å². The van der Waals surface area contributed by atoms with E-state index in [-0.39, 0.29) is 11.6 Å². The summed E-state index contributed by atoms with van der Waals surface area (Å²) in [6.07, 6.45) is 4.94. The van der Waals surface area contributed by atoms with Gasteiger partial charge in [-0.3, -0.25) is 9.78 Å². The zero-order valence-corrected chi connectivity index (χ0v) is 16.0. The normalized spacial score (nSPS) is 14.3. The van der Waals surface area contributed by atoms with Crippen molar-refractivity contribution >= 4 is 22.4 Å². The molecule has 0 N–H and O–H groups in total. The van der Waals surface area contributed by atoms with E-state index in [1.54, 1.807) is 36.5 Å². The van der Waals surface area contributed by atoms with Crippen molar-refractivity contribution < 1.29 is 13.9 Å². The minimum atomic E-state index is -0.321. The van der Waals surface area contributed by atoms with Gasteiger partial charge in [0.25, 0.3) is 0 Å². The van der Waals surface area contributed by atoms with Crippen molar-refractivity contribution in [3.63, 3.8) is 0 Å². The van der Waals surface area contributed by atoms with Gasteiger partial charge in [-0.1, -0.05) is 0 Å². The molecule has 0 radical (unpaired) electrons. The molecule has 4 rings (SSSR count). The molecule has 1 aliphatic rings. The predicted octanol–water partition coefficient (Wildman–Crippen LogP) is 4.99. The van der Waals surface area contributed by atoms with Gasteiger partial charge in [-0.15, -0.1) is 0 Å². The lowest BCUT2D eigenvalue weighted by Gasteiger charge is -2.31. The fourth-order valence-corrected chi connectivity index (χ4v) is 3.80. The molecular weight excluding hydrogens is 355 g/mol. The number of anilines is 1. The fraction of sp³-hybridized carbons (Fsp3) is 0.304. The van der Waals surface area contributed by atoms with Crippen LogP contribution in [0.1, 0.15) is 42.1 Å². The van der Waals surface area contributed by atoms with Crippen molar-refractivity contribution in [2.45, 2.75) is 26.2 Å². The molecule has 144 valence electrons. The number of carbonyl (C=O) groups is 1. The molecule has 0 amide bonds. The van der Waals surface area contributed by atoms with Crippen molar-refractivity contribution in [1.29, 1.82) is 0 Å². The third kappa shape index (κ3) is 3.57. The number of hydrogen-bond acceptors (Lipinski definition) is 4. The molecule has 2 aromatic carbocycles. The quantitative estimate of drug-likeness (QED) is 0.587. The second-order valence-corrected chi connectivity index (χ2v) is 7.02. The number of rotatable bonds is 5. The second-order valence-electron chi connectivity index (χ2n) is 7.02. The van der Waals surface area contributed by atoms with Crippen LogP contribution in [0.2, 0.25) is 0 Å². The Morgan fingerprint density at radius 1 is 1.11 bits per heavy atom. The van der Waals surface area contributed by atoms with Crippen molar-refractivity contribution in [1.82, 2.24) is 4.98 Å². The van der Waals surface area contributed by atoms with Crippen LogP contribution in [-0.2, 0) is 0 Å². The smallest absolute Gasteiger partial charge is 0.196 e. The number of ether oxygens (including phenoxy) is 1.